The quantitative estimate of drug-likeness (QED) is 0.808. The lowest BCUT2D eigenvalue weighted by atomic mass is 10.2. The van der Waals surface area contributed by atoms with E-state index in [4.69, 9.17) is 5.26 Å². The Morgan fingerprint density at radius 3 is 2.59 bits per heavy atom. The van der Waals surface area contributed by atoms with Crippen molar-refractivity contribution in [3.8, 4) is 11.8 Å². The molecule has 0 radical (unpaired) electrons. The van der Waals surface area contributed by atoms with E-state index >= 15 is 0 Å². The van der Waals surface area contributed by atoms with Gasteiger partial charge in [-0.15, -0.1) is 0 Å². The maximum absolute atomic E-state index is 11.9. The van der Waals surface area contributed by atoms with E-state index in [9.17, 15) is 4.79 Å². The second kappa shape index (κ2) is 4.52. The van der Waals surface area contributed by atoms with Crippen LogP contribution in [0.25, 0.3) is 5.69 Å². The van der Waals surface area contributed by atoms with Crippen LogP contribution < -0.4 is 5.56 Å². The van der Waals surface area contributed by atoms with E-state index in [1.807, 2.05) is 13.0 Å². The Morgan fingerprint density at radius 2 is 2.00 bits per heavy atom. The summed E-state index contributed by atoms with van der Waals surface area (Å²) in [6.45, 7) is 1.81. The third kappa shape index (κ3) is 2.27. The molecule has 0 fully saturated rings. The van der Waals surface area contributed by atoms with E-state index in [-0.39, 0.29) is 5.56 Å². The number of aromatic nitrogens is 2. The van der Waals surface area contributed by atoms with Gasteiger partial charge in [-0.2, -0.15) is 15.0 Å². The predicted octanol–water partition coefficient (Wildman–Crippen LogP) is 2.18. The molecule has 17 heavy (non-hydrogen) atoms. The largest absolute Gasteiger partial charge is 0.285 e. The minimum atomic E-state index is -0.222. The highest BCUT2D eigenvalue weighted by Gasteiger charge is 2.06. The molecule has 0 spiro atoms. The van der Waals surface area contributed by atoms with Crippen molar-refractivity contribution >= 4 is 15.9 Å². The first-order valence-corrected chi connectivity index (χ1v) is 5.68. The topological polar surface area (TPSA) is 58.7 Å². The number of nitriles is 1. The molecular weight excluding hydrogens is 282 g/mol. The molecule has 0 saturated heterocycles. The zero-order chi connectivity index (χ0) is 12.4. The third-order valence-corrected chi connectivity index (χ3v) is 2.80. The Bertz CT molecular complexity index is 653. The van der Waals surface area contributed by atoms with Gasteiger partial charge in [-0.1, -0.05) is 0 Å². The van der Waals surface area contributed by atoms with E-state index in [0.29, 0.717) is 15.7 Å². The second-order valence-corrected chi connectivity index (χ2v) is 4.36. The predicted molar refractivity (Wildman–Crippen MR) is 67.0 cm³/mol. The Labute approximate surface area is 106 Å². The Kier molecular flexibility index (Phi) is 3.07. The average Bonchev–Trinajstić information content (AvgIpc) is 2.34. The van der Waals surface area contributed by atoms with E-state index in [1.165, 1.54) is 4.68 Å². The van der Waals surface area contributed by atoms with Crippen LogP contribution in [-0.4, -0.2) is 9.78 Å². The van der Waals surface area contributed by atoms with Crippen molar-refractivity contribution in [3.05, 3.63) is 56.4 Å². The maximum Gasteiger partial charge on any atom is 0.285 e. The van der Waals surface area contributed by atoms with Gasteiger partial charge in [0.1, 0.15) is 0 Å². The summed E-state index contributed by atoms with van der Waals surface area (Å²) in [5, 5.41) is 12.9. The van der Waals surface area contributed by atoms with Crippen molar-refractivity contribution in [2.45, 2.75) is 6.92 Å². The highest BCUT2D eigenvalue weighted by molar-refractivity contribution is 9.10. The average molecular weight is 290 g/mol. The fourth-order valence-electron chi connectivity index (χ4n) is 1.43. The molecule has 0 N–H and O–H groups in total. The minimum absolute atomic E-state index is 0.222. The van der Waals surface area contributed by atoms with Gasteiger partial charge in [-0.05, 0) is 53.2 Å². The summed E-state index contributed by atoms with van der Waals surface area (Å²) in [4.78, 5) is 11.9. The number of hydrogen-bond donors (Lipinski definition) is 0. The van der Waals surface area contributed by atoms with Gasteiger partial charge in [0.25, 0.3) is 5.56 Å². The Morgan fingerprint density at radius 1 is 1.35 bits per heavy atom. The van der Waals surface area contributed by atoms with Crippen molar-refractivity contribution in [2.75, 3.05) is 0 Å². The number of benzene rings is 1. The summed E-state index contributed by atoms with van der Waals surface area (Å²) in [6, 6.07) is 10.4. The smallest absolute Gasteiger partial charge is 0.266 e. The number of nitrogens with zero attached hydrogens (tertiary/aromatic N) is 3. The van der Waals surface area contributed by atoms with Gasteiger partial charge in [0, 0.05) is 0 Å². The van der Waals surface area contributed by atoms with Crippen LogP contribution in [0.5, 0.6) is 0 Å². The van der Waals surface area contributed by atoms with E-state index in [1.54, 1.807) is 30.3 Å². The maximum atomic E-state index is 11.9. The zero-order valence-electron chi connectivity index (χ0n) is 9.01. The lowest BCUT2D eigenvalue weighted by molar-refractivity contribution is 0.779. The number of hydrogen-bond acceptors (Lipinski definition) is 3. The van der Waals surface area contributed by atoms with Crippen LogP contribution in [0.3, 0.4) is 0 Å². The molecule has 1 aromatic carbocycles. The third-order valence-electron chi connectivity index (χ3n) is 2.23. The lowest BCUT2D eigenvalue weighted by Gasteiger charge is -2.05. The minimum Gasteiger partial charge on any atom is -0.266 e. The fraction of sp³-hybridized carbons (Fsp3) is 0.0833. The van der Waals surface area contributed by atoms with Crippen molar-refractivity contribution < 1.29 is 0 Å². The van der Waals surface area contributed by atoms with Crippen molar-refractivity contribution in [2.24, 2.45) is 0 Å². The van der Waals surface area contributed by atoms with E-state index in [2.05, 4.69) is 21.0 Å². The van der Waals surface area contributed by atoms with Crippen molar-refractivity contribution in [1.82, 2.24) is 9.78 Å². The number of halogens is 1. The number of aryl methyl sites for hydroxylation is 1. The normalized spacial score (nSPS) is 9.94. The molecule has 1 aromatic heterocycles. The molecule has 2 aromatic rings. The van der Waals surface area contributed by atoms with Crippen LogP contribution in [0.1, 0.15) is 11.3 Å². The van der Waals surface area contributed by atoms with Gasteiger partial charge in [0.2, 0.25) is 0 Å². The highest BCUT2D eigenvalue weighted by atomic mass is 79.9. The summed E-state index contributed by atoms with van der Waals surface area (Å²) >= 11 is 3.20. The molecule has 0 amide bonds. The summed E-state index contributed by atoms with van der Waals surface area (Å²) in [7, 11) is 0. The van der Waals surface area contributed by atoms with Crippen LogP contribution in [0, 0.1) is 18.3 Å². The first kappa shape index (κ1) is 11.6. The molecule has 4 nitrogen and oxygen atoms in total. The molecule has 0 aliphatic carbocycles. The van der Waals surface area contributed by atoms with Gasteiger partial charge in [0.05, 0.1) is 27.5 Å². The van der Waals surface area contributed by atoms with E-state index < -0.39 is 0 Å². The molecule has 2 rings (SSSR count). The second-order valence-electron chi connectivity index (χ2n) is 3.51. The molecule has 0 aliphatic heterocycles. The molecular formula is C12H8BrN3O. The highest BCUT2D eigenvalue weighted by Crippen LogP contribution is 2.09. The fourth-order valence-corrected chi connectivity index (χ4v) is 1.93. The van der Waals surface area contributed by atoms with Gasteiger partial charge in [-0.25, -0.2) is 0 Å². The molecule has 5 heteroatoms. The van der Waals surface area contributed by atoms with Gasteiger partial charge in [-0.3, -0.25) is 4.79 Å². The molecule has 0 bridgehead atoms. The summed E-state index contributed by atoms with van der Waals surface area (Å²) in [6.07, 6.45) is 0. The monoisotopic (exact) mass is 289 g/mol. The summed E-state index contributed by atoms with van der Waals surface area (Å²) in [5.74, 6) is 0. The standard InChI is InChI=1S/C12H8BrN3O/c1-8-6-11(13)12(17)16(15-8)10-4-2-9(7-14)3-5-10/h2-6H,1H3. The zero-order valence-corrected chi connectivity index (χ0v) is 10.6. The van der Waals surface area contributed by atoms with Crippen LogP contribution in [0.15, 0.2) is 39.6 Å². The molecule has 0 atom stereocenters. The lowest BCUT2D eigenvalue weighted by Crippen LogP contribution is -2.22. The molecule has 0 unspecified atom stereocenters. The number of rotatable bonds is 1. The van der Waals surface area contributed by atoms with Crippen LogP contribution >= 0.6 is 15.9 Å². The van der Waals surface area contributed by atoms with Crippen molar-refractivity contribution in [1.29, 1.82) is 5.26 Å². The van der Waals surface area contributed by atoms with Gasteiger partial charge >= 0.3 is 0 Å². The Hall–Kier alpha value is -1.93. The Balaban J connectivity index is 2.61. The molecule has 1 heterocycles. The van der Waals surface area contributed by atoms with Crippen molar-refractivity contribution in [3.63, 3.8) is 0 Å². The van der Waals surface area contributed by atoms with Gasteiger partial charge < -0.3 is 0 Å². The van der Waals surface area contributed by atoms with Gasteiger partial charge in [0.15, 0.2) is 0 Å². The SMILES string of the molecule is Cc1cc(Br)c(=O)n(-c2ccc(C#N)cc2)n1. The van der Waals surface area contributed by atoms with E-state index in [0.717, 1.165) is 5.69 Å². The first-order chi connectivity index (χ1) is 8.11. The summed E-state index contributed by atoms with van der Waals surface area (Å²) in [5.41, 5.74) is 1.70. The molecule has 0 aliphatic rings. The molecule has 0 saturated carbocycles. The van der Waals surface area contributed by atoms with Crippen LogP contribution in [0.2, 0.25) is 0 Å². The van der Waals surface area contributed by atoms with Crippen LogP contribution in [-0.2, 0) is 0 Å². The first-order valence-electron chi connectivity index (χ1n) is 4.89. The summed E-state index contributed by atoms with van der Waals surface area (Å²) < 4.78 is 1.77. The molecule has 84 valence electrons. The van der Waals surface area contributed by atoms with Crippen LogP contribution in [0.4, 0.5) is 0 Å².